The van der Waals surface area contributed by atoms with Gasteiger partial charge in [-0.05, 0) is 31.2 Å². The molecule has 0 aliphatic carbocycles. The molecular weight excluding hydrogens is 266 g/mol. The van der Waals surface area contributed by atoms with Crippen LogP contribution in [-0.2, 0) is 0 Å². The lowest BCUT2D eigenvalue weighted by molar-refractivity contribution is 0.211. The van der Waals surface area contributed by atoms with E-state index in [4.69, 9.17) is 19.5 Å². The standard InChI is InChI=1S/C17H17NO3/c1-13-3-6-15(7-4-13)20-9-10-21-17-11-14(12-18)5-8-16(17)19-2/h3-8,11H,9-10H2,1-2H3. The van der Waals surface area contributed by atoms with E-state index in [-0.39, 0.29) is 0 Å². The summed E-state index contributed by atoms with van der Waals surface area (Å²) >= 11 is 0. The second-order valence-electron chi connectivity index (χ2n) is 4.49. The zero-order valence-electron chi connectivity index (χ0n) is 12.1. The lowest BCUT2D eigenvalue weighted by atomic mass is 10.2. The van der Waals surface area contributed by atoms with Gasteiger partial charge < -0.3 is 14.2 Å². The zero-order chi connectivity index (χ0) is 15.1. The van der Waals surface area contributed by atoms with Crippen LogP contribution in [0.2, 0.25) is 0 Å². The van der Waals surface area contributed by atoms with Gasteiger partial charge in [-0.3, -0.25) is 0 Å². The van der Waals surface area contributed by atoms with Crippen molar-refractivity contribution in [1.29, 1.82) is 5.26 Å². The maximum atomic E-state index is 8.90. The van der Waals surface area contributed by atoms with E-state index in [1.807, 2.05) is 31.2 Å². The van der Waals surface area contributed by atoms with Gasteiger partial charge in [0, 0.05) is 6.07 Å². The van der Waals surface area contributed by atoms with Gasteiger partial charge in [-0.25, -0.2) is 0 Å². The number of methoxy groups -OCH3 is 1. The summed E-state index contributed by atoms with van der Waals surface area (Å²) < 4.78 is 16.4. The number of aryl methyl sites for hydroxylation is 1. The zero-order valence-corrected chi connectivity index (χ0v) is 12.1. The smallest absolute Gasteiger partial charge is 0.162 e. The molecule has 0 saturated heterocycles. The molecule has 21 heavy (non-hydrogen) atoms. The van der Waals surface area contributed by atoms with Gasteiger partial charge >= 0.3 is 0 Å². The Morgan fingerprint density at radius 1 is 0.952 bits per heavy atom. The SMILES string of the molecule is COc1ccc(C#N)cc1OCCOc1ccc(C)cc1. The second-order valence-corrected chi connectivity index (χ2v) is 4.49. The van der Waals surface area contributed by atoms with E-state index in [2.05, 4.69) is 6.07 Å². The Balaban J connectivity index is 1.88. The molecule has 0 aliphatic heterocycles. The molecule has 4 heteroatoms. The first-order chi connectivity index (χ1) is 10.2. The fraction of sp³-hybridized carbons (Fsp3) is 0.235. The highest BCUT2D eigenvalue weighted by molar-refractivity contribution is 5.46. The number of rotatable bonds is 6. The summed E-state index contributed by atoms with van der Waals surface area (Å²) in [6.07, 6.45) is 0. The molecule has 0 fully saturated rings. The maximum Gasteiger partial charge on any atom is 0.162 e. The van der Waals surface area contributed by atoms with Crippen LogP contribution in [0.25, 0.3) is 0 Å². The van der Waals surface area contributed by atoms with Crippen molar-refractivity contribution in [3.63, 3.8) is 0 Å². The van der Waals surface area contributed by atoms with Crippen molar-refractivity contribution in [3.8, 4) is 23.3 Å². The van der Waals surface area contributed by atoms with Crippen LogP contribution < -0.4 is 14.2 Å². The van der Waals surface area contributed by atoms with Crippen LogP contribution in [0.1, 0.15) is 11.1 Å². The Labute approximate surface area is 124 Å². The second kappa shape index (κ2) is 7.20. The van der Waals surface area contributed by atoms with E-state index in [0.717, 1.165) is 5.75 Å². The molecule has 0 heterocycles. The van der Waals surface area contributed by atoms with E-state index >= 15 is 0 Å². The largest absolute Gasteiger partial charge is 0.493 e. The minimum absolute atomic E-state index is 0.374. The molecule has 0 aromatic heterocycles. The van der Waals surface area contributed by atoms with E-state index in [0.29, 0.717) is 30.3 Å². The van der Waals surface area contributed by atoms with Gasteiger partial charge in [-0.2, -0.15) is 5.26 Å². The molecule has 2 aromatic carbocycles. The molecule has 0 N–H and O–H groups in total. The summed E-state index contributed by atoms with van der Waals surface area (Å²) in [4.78, 5) is 0. The molecule has 0 aliphatic rings. The van der Waals surface area contributed by atoms with E-state index in [1.54, 1.807) is 25.3 Å². The molecule has 4 nitrogen and oxygen atoms in total. The topological polar surface area (TPSA) is 51.5 Å². The fourth-order valence-electron chi connectivity index (χ4n) is 1.80. The summed E-state index contributed by atoms with van der Waals surface area (Å²) in [6, 6.07) is 15.0. The van der Waals surface area contributed by atoms with Crippen LogP contribution in [0.15, 0.2) is 42.5 Å². The lowest BCUT2D eigenvalue weighted by Gasteiger charge is -2.11. The van der Waals surface area contributed by atoms with Crippen LogP contribution in [0.3, 0.4) is 0 Å². The van der Waals surface area contributed by atoms with Crippen molar-refractivity contribution in [2.75, 3.05) is 20.3 Å². The van der Waals surface area contributed by atoms with Gasteiger partial charge in [0.2, 0.25) is 0 Å². The molecule has 2 aromatic rings. The van der Waals surface area contributed by atoms with E-state index in [9.17, 15) is 0 Å². The molecule has 2 rings (SSSR count). The first-order valence-corrected chi connectivity index (χ1v) is 6.63. The van der Waals surface area contributed by atoms with Crippen molar-refractivity contribution >= 4 is 0 Å². The van der Waals surface area contributed by atoms with Crippen LogP contribution in [0, 0.1) is 18.3 Å². The fourth-order valence-corrected chi connectivity index (χ4v) is 1.80. The Morgan fingerprint density at radius 3 is 2.33 bits per heavy atom. The Kier molecular flexibility index (Phi) is 5.05. The first-order valence-electron chi connectivity index (χ1n) is 6.63. The highest BCUT2D eigenvalue weighted by Crippen LogP contribution is 2.27. The Hall–Kier alpha value is -2.67. The summed E-state index contributed by atoms with van der Waals surface area (Å²) in [6.45, 7) is 2.82. The van der Waals surface area contributed by atoms with Crippen LogP contribution in [-0.4, -0.2) is 20.3 Å². The number of nitriles is 1. The molecule has 0 unspecified atom stereocenters. The number of hydrogen-bond acceptors (Lipinski definition) is 4. The Morgan fingerprint density at radius 2 is 1.67 bits per heavy atom. The van der Waals surface area contributed by atoms with Crippen molar-refractivity contribution in [3.05, 3.63) is 53.6 Å². The van der Waals surface area contributed by atoms with Crippen LogP contribution in [0.5, 0.6) is 17.2 Å². The van der Waals surface area contributed by atoms with Crippen molar-refractivity contribution < 1.29 is 14.2 Å². The van der Waals surface area contributed by atoms with Gasteiger partial charge in [0.25, 0.3) is 0 Å². The first kappa shape index (κ1) is 14.7. The number of benzene rings is 2. The molecule has 0 saturated carbocycles. The molecule has 0 bridgehead atoms. The summed E-state index contributed by atoms with van der Waals surface area (Å²) in [5.74, 6) is 1.95. The van der Waals surface area contributed by atoms with Gasteiger partial charge in [-0.1, -0.05) is 17.7 Å². The van der Waals surface area contributed by atoms with Gasteiger partial charge in [-0.15, -0.1) is 0 Å². The molecular formula is C17H17NO3. The van der Waals surface area contributed by atoms with Crippen molar-refractivity contribution in [1.82, 2.24) is 0 Å². The number of nitrogens with zero attached hydrogens (tertiary/aromatic N) is 1. The maximum absolute atomic E-state index is 8.90. The number of hydrogen-bond donors (Lipinski definition) is 0. The van der Waals surface area contributed by atoms with Crippen molar-refractivity contribution in [2.24, 2.45) is 0 Å². The van der Waals surface area contributed by atoms with E-state index in [1.165, 1.54) is 5.56 Å². The molecule has 0 atom stereocenters. The average molecular weight is 283 g/mol. The van der Waals surface area contributed by atoms with E-state index < -0.39 is 0 Å². The predicted molar refractivity (Wildman–Crippen MR) is 79.9 cm³/mol. The third-order valence-corrected chi connectivity index (χ3v) is 2.92. The molecule has 108 valence electrons. The van der Waals surface area contributed by atoms with Crippen molar-refractivity contribution in [2.45, 2.75) is 6.92 Å². The Bertz CT molecular complexity index is 629. The normalized spacial score (nSPS) is 9.76. The van der Waals surface area contributed by atoms with Gasteiger partial charge in [0.15, 0.2) is 11.5 Å². The minimum Gasteiger partial charge on any atom is -0.493 e. The quantitative estimate of drug-likeness (QED) is 0.763. The van der Waals surface area contributed by atoms with Crippen LogP contribution in [0.4, 0.5) is 0 Å². The summed E-state index contributed by atoms with van der Waals surface area (Å²) in [5, 5.41) is 8.90. The number of ether oxygens (including phenoxy) is 3. The lowest BCUT2D eigenvalue weighted by Crippen LogP contribution is -2.09. The van der Waals surface area contributed by atoms with Gasteiger partial charge in [0.05, 0.1) is 18.7 Å². The predicted octanol–water partition coefficient (Wildman–Crippen LogP) is 3.33. The highest BCUT2D eigenvalue weighted by atomic mass is 16.5. The minimum atomic E-state index is 0.374. The van der Waals surface area contributed by atoms with Gasteiger partial charge in [0.1, 0.15) is 19.0 Å². The molecule has 0 amide bonds. The monoisotopic (exact) mass is 283 g/mol. The summed E-state index contributed by atoms with van der Waals surface area (Å²) in [5.41, 5.74) is 1.72. The average Bonchev–Trinajstić information content (AvgIpc) is 2.53. The van der Waals surface area contributed by atoms with Crippen LogP contribution >= 0.6 is 0 Å². The highest BCUT2D eigenvalue weighted by Gasteiger charge is 2.05. The molecule has 0 radical (unpaired) electrons. The molecule has 0 spiro atoms. The summed E-state index contributed by atoms with van der Waals surface area (Å²) in [7, 11) is 1.57. The third kappa shape index (κ3) is 4.15. The third-order valence-electron chi connectivity index (χ3n) is 2.92.